The molecule has 0 aromatic rings. The molecule has 3 atom stereocenters. The van der Waals surface area contributed by atoms with Gasteiger partial charge in [-0.1, -0.05) is 19.8 Å². The van der Waals surface area contributed by atoms with Crippen LogP contribution in [0.1, 0.15) is 51.9 Å². The van der Waals surface area contributed by atoms with E-state index in [1.807, 2.05) is 0 Å². The average Bonchev–Trinajstić information content (AvgIpc) is 2.87. The van der Waals surface area contributed by atoms with Crippen LogP contribution in [0.5, 0.6) is 0 Å². The fraction of sp³-hybridized carbons (Fsp3) is 0.929. The van der Waals surface area contributed by atoms with Crippen molar-refractivity contribution in [2.75, 3.05) is 13.1 Å². The van der Waals surface area contributed by atoms with Crippen molar-refractivity contribution in [1.82, 2.24) is 10.6 Å². The second-order valence-electron chi connectivity index (χ2n) is 5.79. The smallest absolute Gasteiger partial charge is 0.240 e. The van der Waals surface area contributed by atoms with E-state index in [4.69, 9.17) is 0 Å². The van der Waals surface area contributed by atoms with E-state index in [9.17, 15) is 9.90 Å². The Morgan fingerprint density at radius 1 is 1.39 bits per heavy atom. The molecule has 0 spiro atoms. The van der Waals surface area contributed by atoms with Gasteiger partial charge in [0, 0.05) is 12.5 Å². The number of aliphatic hydroxyl groups excluding tert-OH is 1. The fourth-order valence-electron chi connectivity index (χ4n) is 3.28. The van der Waals surface area contributed by atoms with Crippen LogP contribution in [0.4, 0.5) is 0 Å². The molecule has 2 fully saturated rings. The highest BCUT2D eigenvalue weighted by Crippen LogP contribution is 2.25. The molecule has 2 rings (SSSR count). The maximum Gasteiger partial charge on any atom is 0.240 e. The van der Waals surface area contributed by atoms with Crippen LogP contribution in [-0.2, 0) is 4.79 Å². The lowest BCUT2D eigenvalue weighted by molar-refractivity contribution is -0.127. The highest BCUT2D eigenvalue weighted by atomic mass is 16.3. The second kappa shape index (κ2) is 6.02. The second-order valence-corrected chi connectivity index (χ2v) is 5.79. The summed E-state index contributed by atoms with van der Waals surface area (Å²) in [6.45, 7) is 3.63. The molecule has 2 aliphatic rings. The number of rotatable bonds is 4. The molecule has 18 heavy (non-hydrogen) atoms. The zero-order valence-electron chi connectivity index (χ0n) is 11.4. The maximum absolute atomic E-state index is 12.3. The zero-order chi connectivity index (χ0) is 13.0. The molecule has 3 unspecified atom stereocenters. The summed E-state index contributed by atoms with van der Waals surface area (Å²) in [5, 5.41) is 16.3. The Labute approximate surface area is 110 Å². The minimum Gasteiger partial charge on any atom is -0.393 e. The van der Waals surface area contributed by atoms with Crippen molar-refractivity contribution in [3.8, 4) is 0 Å². The van der Waals surface area contributed by atoms with E-state index in [0.717, 1.165) is 45.1 Å². The van der Waals surface area contributed by atoms with Crippen molar-refractivity contribution in [1.29, 1.82) is 0 Å². The molecule has 1 saturated carbocycles. The van der Waals surface area contributed by atoms with Gasteiger partial charge in [0.15, 0.2) is 0 Å². The van der Waals surface area contributed by atoms with Gasteiger partial charge in [0.05, 0.1) is 11.6 Å². The lowest BCUT2D eigenvalue weighted by Crippen LogP contribution is -2.54. The zero-order valence-corrected chi connectivity index (χ0v) is 11.4. The molecule has 0 aromatic carbocycles. The summed E-state index contributed by atoms with van der Waals surface area (Å²) in [6, 6.07) is 0. The van der Waals surface area contributed by atoms with Crippen LogP contribution in [-0.4, -0.2) is 35.7 Å². The SMILES string of the molecule is CCC1(C(=O)NCC2CCCCC2O)CCCN1. The summed E-state index contributed by atoms with van der Waals surface area (Å²) in [5.74, 6) is 0.373. The molecule has 1 heterocycles. The molecule has 1 saturated heterocycles. The van der Waals surface area contributed by atoms with E-state index in [0.29, 0.717) is 6.54 Å². The molecule has 0 bridgehead atoms. The quantitative estimate of drug-likeness (QED) is 0.706. The first-order valence-corrected chi connectivity index (χ1v) is 7.39. The molecule has 1 amide bonds. The first-order valence-electron chi connectivity index (χ1n) is 7.39. The van der Waals surface area contributed by atoms with Gasteiger partial charge in [-0.05, 0) is 38.6 Å². The van der Waals surface area contributed by atoms with Gasteiger partial charge in [-0.15, -0.1) is 0 Å². The Morgan fingerprint density at radius 3 is 2.78 bits per heavy atom. The Bertz CT molecular complexity index is 288. The van der Waals surface area contributed by atoms with Crippen LogP contribution in [0.15, 0.2) is 0 Å². The molecule has 0 aromatic heterocycles. The van der Waals surface area contributed by atoms with Crippen molar-refractivity contribution in [2.24, 2.45) is 5.92 Å². The summed E-state index contributed by atoms with van der Waals surface area (Å²) in [5.41, 5.74) is -0.348. The summed E-state index contributed by atoms with van der Waals surface area (Å²) in [6.07, 6.45) is 6.84. The Balaban J connectivity index is 1.83. The molecule has 1 aliphatic heterocycles. The fourth-order valence-corrected chi connectivity index (χ4v) is 3.28. The van der Waals surface area contributed by atoms with Gasteiger partial charge >= 0.3 is 0 Å². The first-order chi connectivity index (χ1) is 8.68. The van der Waals surface area contributed by atoms with Crippen LogP contribution < -0.4 is 10.6 Å². The molecule has 0 radical (unpaired) electrons. The van der Waals surface area contributed by atoms with Crippen LogP contribution in [0.25, 0.3) is 0 Å². The predicted octanol–water partition coefficient (Wildman–Crippen LogP) is 1.19. The number of carbonyl (C=O) groups excluding carboxylic acids is 1. The monoisotopic (exact) mass is 254 g/mol. The van der Waals surface area contributed by atoms with Crippen molar-refractivity contribution >= 4 is 5.91 Å². The van der Waals surface area contributed by atoms with Gasteiger partial charge in [0.25, 0.3) is 0 Å². The van der Waals surface area contributed by atoms with Crippen molar-refractivity contribution < 1.29 is 9.90 Å². The largest absolute Gasteiger partial charge is 0.393 e. The Kier molecular flexibility index (Phi) is 4.62. The van der Waals surface area contributed by atoms with E-state index in [-0.39, 0.29) is 23.5 Å². The summed E-state index contributed by atoms with van der Waals surface area (Å²) >= 11 is 0. The number of amides is 1. The van der Waals surface area contributed by atoms with E-state index in [1.165, 1.54) is 6.42 Å². The van der Waals surface area contributed by atoms with Gasteiger partial charge in [0.2, 0.25) is 5.91 Å². The first kappa shape index (κ1) is 13.8. The number of hydrogen-bond donors (Lipinski definition) is 3. The lowest BCUT2D eigenvalue weighted by Gasteiger charge is -2.31. The molecular weight excluding hydrogens is 228 g/mol. The van der Waals surface area contributed by atoms with Gasteiger partial charge < -0.3 is 15.7 Å². The number of hydrogen-bond acceptors (Lipinski definition) is 3. The standard InChI is InChI=1S/C14H26N2O2/c1-2-14(8-5-9-16-14)13(18)15-10-11-6-3-4-7-12(11)17/h11-12,16-17H,2-10H2,1H3,(H,15,18). The number of carbonyl (C=O) groups is 1. The van der Waals surface area contributed by atoms with Crippen molar-refractivity contribution in [2.45, 2.75) is 63.5 Å². The summed E-state index contributed by atoms with van der Waals surface area (Å²) < 4.78 is 0. The summed E-state index contributed by atoms with van der Waals surface area (Å²) in [4.78, 5) is 12.3. The third kappa shape index (κ3) is 2.86. The van der Waals surface area contributed by atoms with Crippen LogP contribution in [0, 0.1) is 5.92 Å². The van der Waals surface area contributed by atoms with Crippen LogP contribution >= 0.6 is 0 Å². The highest BCUT2D eigenvalue weighted by molar-refractivity contribution is 5.86. The van der Waals surface area contributed by atoms with E-state index >= 15 is 0 Å². The van der Waals surface area contributed by atoms with Gasteiger partial charge in [-0.3, -0.25) is 4.79 Å². The predicted molar refractivity (Wildman–Crippen MR) is 71.2 cm³/mol. The topological polar surface area (TPSA) is 61.4 Å². The molecule has 104 valence electrons. The molecular formula is C14H26N2O2. The van der Waals surface area contributed by atoms with Crippen molar-refractivity contribution in [3.63, 3.8) is 0 Å². The minimum atomic E-state index is -0.348. The summed E-state index contributed by atoms with van der Waals surface area (Å²) in [7, 11) is 0. The van der Waals surface area contributed by atoms with Gasteiger partial charge in [0.1, 0.15) is 0 Å². The van der Waals surface area contributed by atoms with E-state index < -0.39 is 0 Å². The van der Waals surface area contributed by atoms with Crippen LogP contribution in [0.3, 0.4) is 0 Å². The number of nitrogens with one attached hydrogen (secondary N) is 2. The Hall–Kier alpha value is -0.610. The molecule has 4 nitrogen and oxygen atoms in total. The Morgan fingerprint density at radius 2 is 2.17 bits per heavy atom. The van der Waals surface area contributed by atoms with Gasteiger partial charge in [-0.2, -0.15) is 0 Å². The lowest BCUT2D eigenvalue weighted by atomic mass is 9.86. The molecule has 3 N–H and O–H groups in total. The highest BCUT2D eigenvalue weighted by Gasteiger charge is 2.39. The maximum atomic E-state index is 12.3. The molecule has 1 aliphatic carbocycles. The third-order valence-corrected chi connectivity index (χ3v) is 4.68. The van der Waals surface area contributed by atoms with E-state index in [1.54, 1.807) is 0 Å². The van der Waals surface area contributed by atoms with Gasteiger partial charge in [-0.25, -0.2) is 0 Å². The third-order valence-electron chi connectivity index (χ3n) is 4.68. The normalized spacial score (nSPS) is 36.6. The van der Waals surface area contributed by atoms with Crippen molar-refractivity contribution in [3.05, 3.63) is 0 Å². The number of aliphatic hydroxyl groups is 1. The minimum absolute atomic E-state index is 0.125. The molecule has 4 heteroatoms. The van der Waals surface area contributed by atoms with Crippen LogP contribution in [0.2, 0.25) is 0 Å². The average molecular weight is 254 g/mol. The van der Waals surface area contributed by atoms with E-state index in [2.05, 4.69) is 17.6 Å².